The summed E-state index contributed by atoms with van der Waals surface area (Å²) in [4.78, 5) is 15.3. The van der Waals surface area contributed by atoms with E-state index in [1.54, 1.807) is 11.0 Å². The maximum Gasteiger partial charge on any atom is 0.233 e. The van der Waals surface area contributed by atoms with E-state index >= 15 is 0 Å². The van der Waals surface area contributed by atoms with Crippen LogP contribution in [0, 0.1) is 5.92 Å². The lowest BCUT2D eigenvalue weighted by atomic mass is 9.88. The summed E-state index contributed by atoms with van der Waals surface area (Å²) in [6.07, 6.45) is 3.38. The van der Waals surface area contributed by atoms with Gasteiger partial charge in [0, 0.05) is 12.2 Å². The highest BCUT2D eigenvalue weighted by Crippen LogP contribution is 2.31. The third-order valence-electron chi connectivity index (χ3n) is 5.33. The van der Waals surface area contributed by atoms with Crippen molar-refractivity contribution in [3.05, 3.63) is 91.0 Å². The molecular formula is C26H29NO2. The quantitative estimate of drug-likeness (QED) is 0.464. The molecule has 0 saturated heterocycles. The molecule has 3 heteroatoms. The van der Waals surface area contributed by atoms with Crippen molar-refractivity contribution in [1.82, 2.24) is 0 Å². The third kappa shape index (κ3) is 4.93. The molecule has 0 radical (unpaired) electrons. The number of benzene rings is 3. The van der Waals surface area contributed by atoms with Crippen molar-refractivity contribution < 1.29 is 9.90 Å². The van der Waals surface area contributed by atoms with Gasteiger partial charge in [-0.3, -0.25) is 4.79 Å². The molecule has 0 spiro atoms. The van der Waals surface area contributed by atoms with Gasteiger partial charge in [0.05, 0.1) is 12.0 Å². The molecule has 3 aromatic rings. The van der Waals surface area contributed by atoms with Crippen molar-refractivity contribution in [2.24, 2.45) is 5.92 Å². The molecule has 0 aliphatic carbocycles. The van der Waals surface area contributed by atoms with Crippen LogP contribution >= 0.6 is 0 Å². The molecule has 0 aliphatic heterocycles. The van der Waals surface area contributed by atoms with Gasteiger partial charge < -0.3 is 10.0 Å². The maximum absolute atomic E-state index is 13.5. The van der Waals surface area contributed by atoms with E-state index in [1.165, 1.54) is 0 Å². The van der Waals surface area contributed by atoms with Crippen molar-refractivity contribution in [2.45, 2.75) is 32.3 Å². The average molecular weight is 388 g/mol. The summed E-state index contributed by atoms with van der Waals surface area (Å²) in [5.74, 6) is -0.568. The summed E-state index contributed by atoms with van der Waals surface area (Å²) >= 11 is 0. The molecular weight excluding hydrogens is 358 g/mol. The molecule has 150 valence electrons. The first-order valence-corrected chi connectivity index (χ1v) is 10.3. The van der Waals surface area contributed by atoms with Gasteiger partial charge in [-0.1, -0.05) is 80.4 Å². The van der Waals surface area contributed by atoms with Gasteiger partial charge in [-0.2, -0.15) is 0 Å². The summed E-state index contributed by atoms with van der Waals surface area (Å²) in [7, 11) is 0. The van der Waals surface area contributed by atoms with Crippen LogP contribution in [0.25, 0.3) is 10.8 Å². The lowest BCUT2D eigenvalue weighted by Gasteiger charge is -2.29. The van der Waals surface area contributed by atoms with Crippen molar-refractivity contribution in [1.29, 1.82) is 0 Å². The molecule has 3 aromatic carbocycles. The summed E-state index contributed by atoms with van der Waals surface area (Å²) in [6.45, 7) is 6.32. The van der Waals surface area contributed by atoms with Gasteiger partial charge in [-0.15, -0.1) is 6.58 Å². The molecule has 0 fully saturated rings. The Morgan fingerprint density at radius 1 is 1.03 bits per heavy atom. The Bertz CT molecular complexity index is 951. The first kappa shape index (κ1) is 20.8. The van der Waals surface area contributed by atoms with Gasteiger partial charge in [-0.05, 0) is 41.0 Å². The highest BCUT2D eigenvalue weighted by atomic mass is 16.3. The Morgan fingerprint density at radius 3 is 2.41 bits per heavy atom. The molecule has 2 atom stereocenters. The Kier molecular flexibility index (Phi) is 7.20. The highest BCUT2D eigenvalue weighted by molar-refractivity contribution is 5.96. The largest absolute Gasteiger partial charge is 0.388 e. The van der Waals surface area contributed by atoms with E-state index < -0.39 is 12.0 Å². The van der Waals surface area contributed by atoms with Gasteiger partial charge >= 0.3 is 0 Å². The molecule has 0 heterocycles. The summed E-state index contributed by atoms with van der Waals surface area (Å²) in [5, 5.41) is 13.4. The normalized spacial score (nSPS) is 13.0. The molecule has 1 amide bonds. The number of fused-ring (bicyclic) bond motifs is 1. The number of amides is 1. The van der Waals surface area contributed by atoms with Crippen LogP contribution in [0.1, 0.15) is 37.9 Å². The van der Waals surface area contributed by atoms with E-state index in [4.69, 9.17) is 0 Å². The fourth-order valence-corrected chi connectivity index (χ4v) is 3.72. The number of para-hydroxylation sites is 1. The van der Waals surface area contributed by atoms with Crippen LogP contribution in [-0.2, 0) is 4.79 Å². The predicted octanol–water partition coefficient (Wildman–Crippen LogP) is 5.90. The summed E-state index contributed by atoms with van der Waals surface area (Å²) in [5.41, 5.74) is 1.61. The van der Waals surface area contributed by atoms with Crippen molar-refractivity contribution in [3.63, 3.8) is 0 Å². The van der Waals surface area contributed by atoms with Crippen LogP contribution in [0.3, 0.4) is 0 Å². The number of anilines is 1. The lowest BCUT2D eigenvalue weighted by Crippen LogP contribution is -2.39. The molecule has 29 heavy (non-hydrogen) atoms. The van der Waals surface area contributed by atoms with E-state index in [1.807, 2.05) is 72.8 Å². The molecule has 3 nitrogen and oxygen atoms in total. The van der Waals surface area contributed by atoms with E-state index in [-0.39, 0.29) is 5.91 Å². The Balaban J connectivity index is 1.93. The van der Waals surface area contributed by atoms with Crippen LogP contribution in [0.2, 0.25) is 0 Å². The Labute approximate surface area is 173 Å². The molecule has 0 aliphatic rings. The Hall–Kier alpha value is -2.91. The predicted molar refractivity (Wildman–Crippen MR) is 121 cm³/mol. The van der Waals surface area contributed by atoms with Crippen LogP contribution in [-0.4, -0.2) is 17.6 Å². The Morgan fingerprint density at radius 2 is 1.72 bits per heavy atom. The van der Waals surface area contributed by atoms with E-state index in [9.17, 15) is 9.90 Å². The molecule has 1 N–H and O–H groups in total. The monoisotopic (exact) mass is 387 g/mol. The van der Waals surface area contributed by atoms with E-state index in [0.29, 0.717) is 13.0 Å². The number of rotatable bonds is 9. The molecule has 0 bridgehead atoms. The van der Waals surface area contributed by atoms with Gasteiger partial charge in [0.1, 0.15) is 0 Å². The number of carbonyl (C=O) groups excluding carboxylic acids is 1. The maximum atomic E-state index is 13.5. The minimum atomic E-state index is -0.852. The van der Waals surface area contributed by atoms with Crippen LogP contribution in [0.15, 0.2) is 85.5 Å². The van der Waals surface area contributed by atoms with Gasteiger partial charge in [0.2, 0.25) is 5.91 Å². The topological polar surface area (TPSA) is 40.5 Å². The zero-order valence-corrected chi connectivity index (χ0v) is 17.0. The first-order chi connectivity index (χ1) is 14.2. The van der Waals surface area contributed by atoms with Crippen LogP contribution in [0.4, 0.5) is 5.69 Å². The summed E-state index contributed by atoms with van der Waals surface area (Å²) in [6, 6.07) is 23.6. The average Bonchev–Trinajstić information content (AvgIpc) is 2.77. The molecule has 0 saturated carbocycles. The number of aliphatic hydroxyl groups excluding tert-OH is 1. The van der Waals surface area contributed by atoms with Crippen molar-refractivity contribution >= 4 is 22.4 Å². The van der Waals surface area contributed by atoms with E-state index in [0.717, 1.165) is 34.9 Å². The zero-order valence-electron chi connectivity index (χ0n) is 17.0. The van der Waals surface area contributed by atoms with Gasteiger partial charge in [-0.25, -0.2) is 0 Å². The molecule has 3 rings (SSSR count). The minimum absolute atomic E-state index is 0.0646. The van der Waals surface area contributed by atoms with Crippen LogP contribution in [0.5, 0.6) is 0 Å². The number of carbonyl (C=O) groups is 1. The fraction of sp³-hybridized carbons (Fsp3) is 0.269. The van der Waals surface area contributed by atoms with E-state index in [2.05, 4.69) is 13.5 Å². The lowest BCUT2D eigenvalue weighted by molar-refractivity contribution is -0.126. The minimum Gasteiger partial charge on any atom is -0.388 e. The molecule has 0 aromatic heterocycles. The van der Waals surface area contributed by atoms with Crippen LogP contribution < -0.4 is 4.90 Å². The van der Waals surface area contributed by atoms with Crippen molar-refractivity contribution in [3.8, 4) is 0 Å². The number of aliphatic hydroxyl groups is 1. The van der Waals surface area contributed by atoms with Gasteiger partial charge in [0.15, 0.2) is 0 Å². The number of nitrogens with zero attached hydrogens (tertiary/aromatic N) is 1. The SMILES string of the molecule is C=CCN(C(=O)[C@@H](CCCC)[C@@H](O)c1ccc2ccccc2c1)c1ccccc1. The fourth-order valence-electron chi connectivity index (χ4n) is 3.72. The first-order valence-electron chi connectivity index (χ1n) is 10.3. The summed E-state index contributed by atoms with van der Waals surface area (Å²) < 4.78 is 0. The van der Waals surface area contributed by atoms with Crippen molar-refractivity contribution in [2.75, 3.05) is 11.4 Å². The smallest absolute Gasteiger partial charge is 0.233 e. The number of unbranched alkanes of at least 4 members (excludes halogenated alkanes) is 1. The second-order valence-electron chi connectivity index (χ2n) is 7.37. The highest BCUT2D eigenvalue weighted by Gasteiger charge is 2.31. The van der Waals surface area contributed by atoms with Gasteiger partial charge in [0.25, 0.3) is 0 Å². The number of hydrogen-bond donors (Lipinski definition) is 1. The molecule has 0 unspecified atom stereocenters. The standard InChI is InChI=1S/C26H29NO2/c1-3-5-15-24(26(29)27(18-4-2)23-13-7-6-8-14-23)25(28)22-17-16-20-11-9-10-12-21(20)19-22/h4,6-14,16-17,19,24-25,28H,2-3,5,15,18H2,1H3/t24-,25-/m0/s1. The second-order valence-corrected chi connectivity index (χ2v) is 7.37. The third-order valence-corrected chi connectivity index (χ3v) is 5.33. The number of hydrogen-bond acceptors (Lipinski definition) is 2. The zero-order chi connectivity index (χ0) is 20.6. The second kappa shape index (κ2) is 10.0.